The first-order chi connectivity index (χ1) is 9.71. The largest absolute Gasteiger partial charge is 0.497 e. The molecule has 0 aliphatic carbocycles. The molecule has 0 saturated carbocycles. The molecule has 1 heterocycles. The number of hydrogen-bond donors (Lipinski definition) is 1. The smallest absolute Gasteiger partial charge is 0.238 e. The van der Waals surface area contributed by atoms with E-state index in [4.69, 9.17) is 10.00 Å². The van der Waals surface area contributed by atoms with Crippen molar-refractivity contribution in [3.05, 3.63) is 24.3 Å². The first kappa shape index (κ1) is 14.4. The van der Waals surface area contributed by atoms with E-state index in [0.29, 0.717) is 6.54 Å². The van der Waals surface area contributed by atoms with Gasteiger partial charge >= 0.3 is 0 Å². The van der Waals surface area contributed by atoms with Crippen molar-refractivity contribution in [1.82, 2.24) is 4.90 Å². The van der Waals surface area contributed by atoms with Crippen LogP contribution in [0.3, 0.4) is 0 Å². The van der Waals surface area contributed by atoms with E-state index in [2.05, 4.69) is 16.3 Å². The molecule has 1 aliphatic rings. The summed E-state index contributed by atoms with van der Waals surface area (Å²) in [6.45, 7) is 1.99. The van der Waals surface area contributed by atoms with Crippen LogP contribution in [0.15, 0.2) is 24.3 Å². The van der Waals surface area contributed by atoms with E-state index in [1.807, 2.05) is 18.2 Å². The maximum atomic E-state index is 12.0. The van der Waals surface area contributed by atoms with Gasteiger partial charge in [-0.2, -0.15) is 5.26 Å². The van der Waals surface area contributed by atoms with Crippen LogP contribution < -0.4 is 10.1 Å². The summed E-state index contributed by atoms with van der Waals surface area (Å²) in [5, 5.41) is 11.7. The van der Waals surface area contributed by atoms with E-state index in [9.17, 15) is 4.79 Å². The van der Waals surface area contributed by atoms with Crippen LogP contribution in [0.25, 0.3) is 0 Å². The Bertz CT molecular complexity index is 502. The Morgan fingerprint density at radius 3 is 2.90 bits per heavy atom. The number of amides is 1. The van der Waals surface area contributed by atoms with Gasteiger partial charge in [0.1, 0.15) is 5.75 Å². The Morgan fingerprint density at radius 2 is 2.25 bits per heavy atom. The van der Waals surface area contributed by atoms with E-state index in [1.54, 1.807) is 13.2 Å². The van der Waals surface area contributed by atoms with Gasteiger partial charge in [0, 0.05) is 17.7 Å². The Labute approximate surface area is 119 Å². The Hall–Kier alpha value is -2.06. The number of carbonyl (C=O) groups excluding carboxylic acids is 1. The number of nitriles is 1. The lowest BCUT2D eigenvalue weighted by molar-refractivity contribution is -0.117. The second-order valence-corrected chi connectivity index (χ2v) is 4.96. The van der Waals surface area contributed by atoms with Gasteiger partial charge in [-0.3, -0.25) is 9.69 Å². The lowest BCUT2D eigenvalue weighted by Crippen LogP contribution is -2.39. The van der Waals surface area contributed by atoms with Crippen molar-refractivity contribution in [2.24, 2.45) is 5.92 Å². The number of carbonyl (C=O) groups is 1. The van der Waals surface area contributed by atoms with E-state index in [1.165, 1.54) is 0 Å². The molecule has 0 unspecified atom stereocenters. The molecule has 1 N–H and O–H groups in total. The number of likely N-dealkylation sites (tertiary alicyclic amines) is 1. The normalized spacial score (nSPS) is 16.4. The zero-order valence-electron chi connectivity index (χ0n) is 11.6. The van der Waals surface area contributed by atoms with Crippen molar-refractivity contribution >= 4 is 11.6 Å². The zero-order chi connectivity index (χ0) is 14.4. The highest BCUT2D eigenvalue weighted by molar-refractivity contribution is 5.92. The summed E-state index contributed by atoms with van der Waals surface area (Å²) in [4.78, 5) is 14.1. The number of piperidine rings is 1. The van der Waals surface area contributed by atoms with E-state index in [-0.39, 0.29) is 11.8 Å². The third-order valence-electron chi connectivity index (χ3n) is 3.49. The molecule has 0 aromatic heterocycles. The second-order valence-electron chi connectivity index (χ2n) is 4.96. The highest BCUT2D eigenvalue weighted by Crippen LogP contribution is 2.18. The van der Waals surface area contributed by atoms with Crippen LogP contribution in [0.2, 0.25) is 0 Å². The molecule has 1 aromatic rings. The van der Waals surface area contributed by atoms with E-state index >= 15 is 0 Å². The predicted molar refractivity (Wildman–Crippen MR) is 76.4 cm³/mol. The Morgan fingerprint density at radius 1 is 1.50 bits per heavy atom. The highest BCUT2D eigenvalue weighted by Gasteiger charge is 2.20. The third kappa shape index (κ3) is 3.97. The summed E-state index contributed by atoms with van der Waals surface area (Å²) < 4.78 is 5.12. The molecule has 20 heavy (non-hydrogen) atoms. The number of rotatable bonds is 4. The van der Waals surface area contributed by atoms with Crippen LogP contribution >= 0.6 is 0 Å². The molecule has 5 heteroatoms. The molecule has 0 bridgehead atoms. The number of methoxy groups -OCH3 is 1. The SMILES string of the molecule is COc1cccc(NC(=O)CN2CCC(C#N)CC2)c1. The molecule has 1 aromatic carbocycles. The molecule has 106 valence electrons. The minimum atomic E-state index is -0.0336. The lowest BCUT2D eigenvalue weighted by Gasteiger charge is -2.28. The molecular formula is C15H19N3O2. The van der Waals surface area contributed by atoms with Crippen molar-refractivity contribution in [2.75, 3.05) is 32.1 Å². The van der Waals surface area contributed by atoms with Crippen molar-refractivity contribution < 1.29 is 9.53 Å². The van der Waals surface area contributed by atoms with Crippen LogP contribution in [0.1, 0.15) is 12.8 Å². The molecule has 2 rings (SSSR count). The van der Waals surface area contributed by atoms with Crippen LogP contribution in [-0.4, -0.2) is 37.6 Å². The minimum Gasteiger partial charge on any atom is -0.497 e. The van der Waals surface area contributed by atoms with Gasteiger partial charge in [-0.05, 0) is 38.1 Å². The van der Waals surface area contributed by atoms with Crippen molar-refractivity contribution in [2.45, 2.75) is 12.8 Å². The standard InChI is InChI=1S/C15H19N3O2/c1-20-14-4-2-3-13(9-14)17-15(19)11-18-7-5-12(10-16)6-8-18/h2-4,9,12H,5-8,11H2,1H3,(H,17,19). The van der Waals surface area contributed by atoms with E-state index in [0.717, 1.165) is 37.4 Å². The molecule has 1 amide bonds. The van der Waals surface area contributed by atoms with Crippen LogP contribution in [0.5, 0.6) is 5.75 Å². The summed E-state index contributed by atoms with van der Waals surface area (Å²) in [6, 6.07) is 9.59. The van der Waals surface area contributed by atoms with Crippen LogP contribution in [-0.2, 0) is 4.79 Å². The number of benzene rings is 1. The third-order valence-corrected chi connectivity index (χ3v) is 3.49. The first-order valence-electron chi connectivity index (χ1n) is 6.77. The average Bonchev–Trinajstić information content (AvgIpc) is 2.48. The summed E-state index contributed by atoms with van der Waals surface area (Å²) >= 11 is 0. The fourth-order valence-corrected chi connectivity index (χ4v) is 2.32. The van der Waals surface area contributed by atoms with Gasteiger partial charge in [-0.1, -0.05) is 6.07 Å². The lowest BCUT2D eigenvalue weighted by atomic mass is 9.99. The monoisotopic (exact) mass is 273 g/mol. The van der Waals surface area contributed by atoms with Crippen LogP contribution in [0.4, 0.5) is 5.69 Å². The molecule has 0 atom stereocenters. The maximum Gasteiger partial charge on any atom is 0.238 e. The number of nitrogens with zero attached hydrogens (tertiary/aromatic N) is 2. The summed E-state index contributed by atoms with van der Waals surface area (Å²) in [5.41, 5.74) is 0.737. The quantitative estimate of drug-likeness (QED) is 0.909. The predicted octanol–water partition coefficient (Wildman–Crippen LogP) is 1.87. The fraction of sp³-hybridized carbons (Fsp3) is 0.467. The van der Waals surface area contributed by atoms with Gasteiger partial charge in [0.25, 0.3) is 0 Å². The summed E-state index contributed by atoms with van der Waals surface area (Å²) in [7, 11) is 1.60. The Kier molecular flexibility index (Phi) is 4.97. The number of hydrogen-bond acceptors (Lipinski definition) is 4. The summed E-state index contributed by atoms with van der Waals surface area (Å²) in [5.74, 6) is 0.832. The molecule has 0 spiro atoms. The van der Waals surface area contributed by atoms with Gasteiger partial charge in [-0.15, -0.1) is 0 Å². The molecule has 1 saturated heterocycles. The second kappa shape index (κ2) is 6.92. The number of anilines is 1. The number of ether oxygens (including phenoxy) is 1. The molecule has 0 radical (unpaired) electrons. The zero-order valence-corrected chi connectivity index (χ0v) is 11.6. The van der Waals surface area contributed by atoms with Gasteiger partial charge in [0.2, 0.25) is 5.91 Å². The van der Waals surface area contributed by atoms with Crippen molar-refractivity contribution in [3.63, 3.8) is 0 Å². The van der Waals surface area contributed by atoms with Gasteiger partial charge in [0.05, 0.1) is 19.7 Å². The average molecular weight is 273 g/mol. The first-order valence-corrected chi connectivity index (χ1v) is 6.77. The highest BCUT2D eigenvalue weighted by atomic mass is 16.5. The van der Waals surface area contributed by atoms with Crippen LogP contribution in [0, 0.1) is 17.2 Å². The molecular weight excluding hydrogens is 254 g/mol. The van der Waals surface area contributed by atoms with Gasteiger partial charge in [0.15, 0.2) is 0 Å². The fourth-order valence-electron chi connectivity index (χ4n) is 2.32. The molecule has 1 aliphatic heterocycles. The van der Waals surface area contributed by atoms with Gasteiger partial charge in [-0.25, -0.2) is 0 Å². The topological polar surface area (TPSA) is 65.4 Å². The number of nitrogens with one attached hydrogen (secondary N) is 1. The summed E-state index contributed by atoms with van der Waals surface area (Å²) in [6.07, 6.45) is 1.70. The minimum absolute atomic E-state index is 0.0336. The van der Waals surface area contributed by atoms with Gasteiger partial charge < -0.3 is 10.1 Å². The van der Waals surface area contributed by atoms with Crippen molar-refractivity contribution in [3.8, 4) is 11.8 Å². The molecule has 5 nitrogen and oxygen atoms in total. The van der Waals surface area contributed by atoms with E-state index < -0.39 is 0 Å². The molecule has 1 fully saturated rings. The van der Waals surface area contributed by atoms with Crippen molar-refractivity contribution in [1.29, 1.82) is 5.26 Å². The maximum absolute atomic E-state index is 12.0. The Balaban J connectivity index is 1.82.